The van der Waals surface area contributed by atoms with Gasteiger partial charge in [0.15, 0.2) is 0 Å². The molecule has 3 atom stereocenters. The molecule has 1 rings (SSSR count). The minimum atomic E-state index is -1.35. The number of ether oxygens (including phenoxy) is 1. The number of nitrogens with zero attached hydrogens (tertiary/aromatic N) is 1. The van der Waals surface area contributed by atoms with E-state index in [2.05, 4.69) is 5.32 Å². The second-order valence-corrected chi connectivity index (χ2v) is 5.29. The van der Waals surface area contributed by atoms with Crippen molar-refractivity contribution in [1.29, 1.82) is 0 Å². The number of carboxylic acid groups (broad SMARTS) is 1. The third-order valence-corrected chi connectivity index (χ3v) is 3.75. The molecule has 0 aromatic carbocycles. The standard InChI is InChI=1S/C14H22N2O5/c1-5-8-14(3,21-4)12(15-9(2)17)10-6-7-11(18)16(10)13(19)20/h6-7,10,12H,5,8H2,1-4H3,(H,15,17)(H,19,20)/t10-,12-,14+/m1/s1. The largest absolute Gasteiger partial charge is 0.465 e. The van der Waals surface area contributed by atoms with Crippen molar-refractivity contribution in [3.63, 3.8) is 0 Å². The van der Waals surface area contributed by atoms with Crippen molar-refractivity contribution in [3.8, 4) is 0 Å². The van der Waals surface area contributed by atoms with E-state index in [1.165, 1.54) is 26.2 Å². The van der Waals surface area contributed by atoms with Crippen molar-refractivity contribution in [2.75, 3.05) is 7.11 Å². The predicted molar refractivity (Wildman–Crippen MR) is 75.7 cm³/mol. The fourth-order valence-electron chi connectivity index (χ4n) is 2.68. The topological polar surface area (TPSA) is 95.9 Å². The molecule has 1 aliphatic heterocycles. The van der Waals surface area contributed by atoms with Crippen LogP contribution in [0.15, 0.2) is 12.2 Å². The molecule has 0 saturated heterocycles. The second kappa shape index (κ2) is 6.71. The van der Waals surface area contributed by atoms with Crippen LogP contribution in [0.1, 0.15) is 33.6 Å². The summed E-state index contributed by atoms with van der Waals surface area (Å²) in [4.78, 5) is 35.2. The molecule has 0 bridgehead atoms. The molecule has 2 N–H and O–H groups in total. The van der Waals surface area contributed by atoms with Crippen LogP contribution < -0.4 is 5.32 Å². The van der Waals surface area contributed by atoms with E-state index < -0.39 is 29.7 Å². The first-order valence-electron chi connectivity index (χ1n) is 6.83. The van der Waals surface area contributed by atoms with Crippen molar-refractivity contribution >= 4 is 17.9 Å². The van der Waals surface area contributed by atoms with Crippen LogP contribution in [0.25, 0.3) is 0 Å². The predicted octanol–water partition coefficient (Wildman–Crippen LogP) is 1.14. The first-order chi connectivity index (χ1) is 9.76. The van der Waals surface area contributed by atoms with Crippen molar-refractivity contribution in [3.05, 3.63) is 12.2 Å². The highest BCUT2D eigenvalue weighted by molar-refractivity contribution is 6.01. The van der Waals surface area contributed by atoms with Crippen molar-refractivity contribution in [2.24, 2.45) is 0 Å². The minimum Gasteiger partial charge on any atom is -0.465 e. The number of methoxy groups -OCH3 is 1. The average molecular weight is 298 g/mol. The molecule has 3 amide bonds. The lowest BCUT2D eigenvalue weighted by Gasteiger charge is -2.41. The van der Waals surface area contributed by atoms with Gasteiger partial charge < -0.3 is 15.2 Å². The van der Waals surface area contributed by atoms with E-state index in [0.29, 0.717) is 11.3 Å². The molecule has 0 fully saturated rings. The van der Waals surface area contributed by atoms with Gasteiger partial charge in [-0.1, -0.05) is 19.4 Å². The molecule has 21 heavy (non-hydrogen) atoms. The summed E-state index contributed by atoms with van der Waals surface area (Å²) in [5.41, 5.74) is -0.784. The Morgan fingerprint density at radius 1 is 1.57 bits per heavy atom. The molecule has 0 unspecified atom stereocenters. The fourth-order valence-corrected chi connectivity index (χ4v) is 2.68. The average Bonchev–Trinajstić information content (AvgIpc) is 2.77. The van der Waals surface area contributed by atoms with Crippen LogP contribution in [0.3, 0.4) is 0 Å². The molecule has 0 spiro atoms. The monoisotopic (exact) mass is 298 g/mol. The van der Waals surface area contributed by atoms with E-state index in [-0.39, 0.29) is 5.91 Å². The van der Waals surface area contributed by atoms with Gasteiger partial charge >= 0.3 is 6.09 Å². The molecule has 0 aromatic heterocycles. The zero-order valence-corrected chi connectivity index (χ0v) is 12.8. The molecular weight excluding hydrogens is 276 g/mol. The smallest absolute Gasteiger partial charge is 0.414 e. The molecular formula is C14H22N2O5. The van der Waals surface area contributed by atoms with Gasteiger partial charge in [-0.2, -0.15) is 0 Å². The van der Waals surface area contributed by atoms with Crippen LogP contribution in [0, 0.1) is 0 Å². The first-order valence-corrected chi connectivity index (χ1v) is 6.83. The van der Waals surface area contributed by atoms with E-state index in [0.717, 1.165) is 6.42 Å². The van der Waals surface area contributed by atoms with E-state index in [4.69, 9.17) is 4.74 Å². The maximum atomic E-state index is 11.7. The Kier molecular flexibility index (Phi) is 5.48. The summed E-state index contributed by atoms with van der Waals surface area (Å²) in [6.45, 7) is 5.11. The summed E-state index contributed by atoms with van der Waals surface area (Å²) >= 11 is 0. The van der Waals surface area contributed by atoms with Gasteiger partial charge in [-0.05, 0) is 13.3 Å². The number of hydrogen-bond donors (Lipinski definition) is 2. The number of imide groups is 1. The third kappa shape index (κ3) is 3.60. The van der Waals surface area contributed by atoms with Crippen LogP contribution in [0.2, 0.25) is 0 Å². The molecule has 0 aromatic rings. The molecule has 7 heteroatoms. The van der Waals surface area contributed by atoms with E-state index in [1.807, 2.05) is 6.92 Å². The number of rotatable bonds is 6. The quantitative estimate of drug-likeness (QED) is 0.766. The Hall–Kier alpha value is -1.89. The number of amides is 3. The Morgan fingerprint density at radius 2 is 2.19 bits per heavy atom. The summed E-state index contributed by atoms with van der Waals surface area (Å²) < 4.78 is 5.54. The Bertz CT molecular complexity index is 462. The van der Waals surface area contributed by atoms with E-state index in [9.17, 15) is 19.5 Å². The SMILES string of the molecule is CCC[C@](C)(OC)[C@H](NC(C)=O)[C@H]1C=CC(=O)N1C(=O)O. The Morgan fingerprint density at radius 3 is 2.62 bits per heavy atom. The number of carbonyl (C=O) groups excluding carboxylic acids is 2. The lowest BCUT2D eigenvalue weighted by Crippen LogP contribution is -2.62. The molecule has 7 nitrogen and oxygen atoms in total. The lowest BCUT2D eigenvalue weighted by molar-refractivity contribution is -0.130. The van der Waals surface area contributed by atoms with Gasteiger partial charge in [0.05, 0.1) is 17.7 Å². The van der Waals surface area contributed by atoms with Gasteiger partial charge in [-0.25, -0.2) is 9.69 Å². The van der Waals surface area contributed by atoms with Gasteiger partial charge in [0.25, 0.3) is 5.91 Å². The summed E-state index contributed by atoms with van der Waals surface area (Å²) in [5.74, 6) is -0.921. The normalized spacial score (nSPS) is 22.0. The van der Waals surface area contributed by atoms with Crippen LogP contribution in [0.5, 0.6) is 0 Å². The molecule has 1 aliphatic rings. The zero-order valence-electron chi connectivity index (χ0n) is 12.8. The second-order valence-electron chi connectivity index (χ2n) is 5.29. The van der Waals surface area contributed by atoms with Crippen molar-refractivity contribution < 1.29 is 24.2 Å². The Labute approximate surface area is 123 Å². The van der Waals surface area contributed by atoms with Gasteiger partial charge in [-0.3, -0.25) is 9.59 Å². The van der Waals surface area contributed by atoms with E-state index >= 15 is 0 Å². The maximum Gasteiger partial charge on any atom is 0.414 e. The number of nitrogens with one attached hydrogen (secondary N) is 1. The van der Waals surface area contributed by atoms with Gasteiger partial charge in [0, 0.05) is 20.1 Å². The summed E-state index contributed by atoms with van der Waals surface area (Å²) in [7, 11) is 1.51. The Balaban J connectivity index is 3.18. The van der Waals surface area contributed by atoms with Crippen LogP contribution >= 0.6 is 0 Å². The first kappa shape index (κ1) is 17.2. The molecule has 1 heterocycles. The zero-order chi connectivity index (χ0) is 16.2. The van der Waals surface area contributed by atoms with Gasteiger partial charge in [0.1, 0.15) is 0 Å². The molecule has 118 valence electrons. The number of carbonyl (C=O) groups is 3. The fraction of sp³-hybridized carbons (Fsp3) is 0.643. The van der Waals surface area contributed by atoms with Crippen LogP contribution in [0.4, 0.5) is 4.79 Å². The van der Waals surface area contributed by atoms with Crippen molar-refractivity contribution in [2.45, 2.75) is 51.3 Å². The molecule has 0 aliphatic carbocycles. The molecule has 0 radical (unpaired) electrons. The van der Waals surface area contributed by atoms with Crippen LogP contribution in [-0.2, 0) is 14.3 Å². The van der Waals surface area contributed by atoms with Gasteiger partial charge in [0.2, 0.25) is 5.91 Å². The highest BCUT2D eigenvalue weighted by Crippen LogP contribution is 2.29. The summed E-state index contributed by atoms with van der Waals surface area (Å²) in [5, 5.41) is 11.9. The number of hydrogen-bond acceptors (Lipinski definition) is 4. The summed E-state index contributed by atoms with van der Waals surface area (Å²) in [6.07, 6.45) is 2.75. The highest BCUT2D eigenvalue weighted by Gasteiger charge is 2.46. The summed E-state index contributed by atoms with van der Waals surface area (Å²) in [6, 6.07) is -1.44. The third-order valence-electron chi connectivity index (χ3n) is 3.75. The maximum absolute atomic E-state index is 11.7. The van der Waals surface area contributed by atoms with E-state index in [1.54, 1.807) is 6.92 Å². The van der Waals surface area contributed by atoms with Crippen molar-refractivity contribution in [1.82, 2.24) is 10.2 Å². The lowest BCUT2D eigenvalue weighted by atomic mass is 9.85. The minimum absolute atomic E-state index is 0.308. The highest BCUT2D eigenvalue weighted by atomic mass is 16.5. The molecule has 0 saturated carbocycles. The van der Waals surface area contributed by atoms with Crippen LogP contribution in [-0.4, -0.2) is 52.7 Å². The van der Waals surface area contributed by atoms with Gasteiger partial charge in [-0.15, -0.1) is 0 Å².